The molecule has 1 aromatic carbocycles. The van der Waals surface area contributed by atoms with Crippen LogP contribution in [0.2, 0.25) is 0 Å². The van der Waals surface area contributed by atoms with E-state index in [1.165, 1.54) is 42.3 Å². The smallest absolute Gasteiger partial charge is 0.264 e. The summed E-state index contributed by atoms with van der Waals surface area (Å²) in [6.45, 7) is 2.96. The van der Waals surface area contributed by atoms with Gasteiger partial charge in [0, 0.05) is 32.3 Å². The second-order valence-corrected chi connectivity index (χ2v) is 10.5. The number of benzene rings is 1. The van der Waals surface area contributed by atoms with E-state index in [2.05, 4.69) is 54.1 Å². The number of aromatic nitrogens is 5. The molecule has 10 nitrogen and oxygen atoms in total. The van der Waals surface area contributed by atoms with Crippen LogP contribution in [0.15, 0.2) is 63.5 Å². The van der Waals surface area contributed by atoms with Crippen LogP contribution in [0.3, 0.4) is 0 Å². The van der Waals surface area contributed by atoms with E-state index in [0.29, 0.717) is 33.3 Å². The maximum atomic E-state index is 12.6. The quantitative estimate of drug-likeness (QED) is 0.296. The SMILES string of the molecule is CC(=O)c1nc(Sc2ccnc(-c3ncco3)n2)c(N)nc1N1CCC2(CC1)Cc1ccccc1[C@H]2N. The van der Waals surface area contributed by atoms with Gasteiger partial charge in [-0.05, 0) is 53.6 Å². The Morgan fingerprint density at radius 1 is 1.11 bits per heavy atom. The molecule has 0 bridgehead atoms. The maximum Gasteiger partial charge on any atom is 0.264 e. The number of anilines is 2. The number of carbonyl (C=O) groups is 1. The van der Waals surface area contributed by atoms with Crippen LogP contribution in [-0.4, -0.2) is 43.8 Å². The fourth-order valence-corrected chi connectivity index (χ4v) is 6.11. The van der Waals surface area contributed by atoms with E-state index in [9.17, 15) is 4.79 Å². The highest BCUT2D eigenvalue weighted by molar-refractivity contribution is 7.99. The van der Waals surface area contributed by atoms with Crippen molar-refractivity contribution in [2.75, 3.05) is 23.7 Å². The van der Waals surface area contributed by atoms with Crippen molar-refractivity contribution in [3.8, 4) is 11.7 Å². The number of nitrogens with two attached hydrogens (primary N) is 2. The van der Waals surface area contributed by atoms with Crippen molar-refractivity contribution in [2.45, 2.75) is 42.3 Å². The van der Waals surface area contributed by atoms with E-state index < -0.39 is 0 Å². The van der Waals surface area contributed by atoms with Crippen LogP contribution >= 0.6 is 11.8 Å². The molecule has 0 saturated carbocycles. The largest absolute Gasteiger partial charge is 0.442 e. The number of fused-ring (bicyclic) bond motifs is 1. The van der Waals surface area contributed by atoms with Gasteiger partial charge in [-0.2, -0.15) is 0 Å². The molecule has 4 heterocycles. The number of nitrogen functional groups attached to an aromatic ring is 1. The first-order chi connectivity index (χ1) is 17.9. The summed E-state index contributed by atoms with van der Waals surface area (Å²) in [6, 6.07) is 10.2. The van der Waals surface area contributed by atoms with E-state index in [-0.39, 0.29) is 23.1 Å². The molecule has 3 aromatic heterocycles. The summed E-state index contributed by atoms with van der Waals surface area (Å²) in [6.07, 6.45) is 7.39. The molecule has 1 spiro atoms. The molecule has 0 unspecified atom stereocenters. The Labute approximate surface area is 217 Å². The molecule has 1 aliphatic carbocycles. The highest BCUT2D eigenvalue weighted by Crippen LogP contribution is 2.51. The van der Waals surface area contributed by atoms with Gasteiger partial charge < -0.3 is 20.8 Å². The lowest BCUT2D eigenvalue weighted by Crippen LogP contribution is -2.45. The monoisotopic (exact) mass is 514 g/mol. The number of Topliss-reactive ketones (excluding diaryl/α,β-unsaturated/α-hetero) is 1. The van der Waals surface area contributed by atoms with Gasteiger partial charge in [-0.25, -0.2) is 24.9 Å². The van der Waals surface area contributed by atoms with Crippen LogP contribution in [0, 0.1) is 5.41 Å². The number of piperidine rings is 1. The first-order valence-electron chi connectivity index (χ1n) is 12.1. The molecular formula is C26H26N8O2S. The first kappa shape index (κ1) is 23.6. The van der Waals surface area contributed by atoms with Crippen molar-refractivity contribution in [2.24, 2.45) is 11.1 Å². The predicted molar refractivity (Wildman–Crippen MR) is 139 cm³/mol. The molecule has 11 heteroatoms. The zero-order valence-electron chi connectivity index (χ0n) is 20.3. The Hall–Kier alpha value is -3.83. The second-order valence-electron chi connectivity index (χ2n) is 9.50. The summed E-state index contributed by atoms with van der Waals surface area (Å²) >= 11 is 1.21. The van der Waals surface area contributed by atoms with Crippen LogP contribution in [0.25, 0.3) is 11.7 Å². The Morgan fingerprint density at radius 3 is 2.65 bits per heavy atom. The highest BCUT2D eigenvalue weighted by Gasteiger charge is 2.46. The molecule has 1 saturated heterocycles. The maximum absolute atomic E-state index is 12.6. The van der Waals surface area contributed by atoms with Crippen LogP contribution in [0.1, 0.15) is 47.4 Å². The Bertz CT molecular complexity index is 1470. The number of carbonyl (C=O) groups excluding carboxylic acids is 1. The third-order valence-corrected chi connectivity index (χ3v) is 8.24. The molecule has 37 heavy (non-hydrogen) atoms. The summed E-state index contributed by atoms with van der Waals surface area (Å²) in [5.41, 5.74) is 16.0. The van der Waals surface area contributed by atoms with Crippen molar-refractivity contribution < 1.29 is 9.21 Å². The van der Waals surface area contributed by atoms with E-state index in [0.717, 1.165) is 32.4 Å². The van der Waals surface area contributed by atoms with Gasteiger partial charge in [0.2, 0.25) is 5.82 Å². The van der Waals surface area contributed by atoms with Gasteiger partial charge in [0.15, 0.2) is 17.4 Å². The topological polar surface area (TPSA) is 150 Å². The third kappa shape index (κ3) is 4.23. The van der Waals surface area contributed by atoms with Crippen LogP contribution in [0.5, 0.6) is 0 Å². The Kier molecular flexibility index (Phi) is 5.88. The average Bonchev–Trinajstić information content (AvgIpc) is 3.53. The number of oxazole rings is 1. The minimum atomic E-state index is -0.169. The summed E-state index contributed by atoms with van der Waals surface area (Å²) in [7, 11) is 0. The minimum Gasteiger partial charge on any atom is -0.442 e. The van der Waals surface area contributed by atoms with Crippen molar-refractivity contribution in [3.63, 3.8) is 0 Å². The van der Waals surface area contributed by atoms with Gasteiger partial charge in [-0.3, -0.25) is 4.79 Å². The van der Waals surface area contributed by atoms with Crippen LogP contribution < -0.4 is 16.4 Å². The summed E-state index contributed by atoms with van der Waals surface area (Å²) < 4.78 is 5.29. The molecule has 1 aliphatic heterocycles. The normalized spacial score (nSPS) is 18.2. The van der Waals surface area contributed by atoms with Gasteiger partial charge >= 0.3 is 0 Å². The number of rotatable bonds is 5. The predicted octanol–water partition coefficient (Wildman–Crippen LogP) is 3.70. The summed E-state index contributed by atoms with van der Waals surface area (Å²) in [5, 5.41) is 0.994. The van der Waals surface area contributed by atoms with Gasteiger partial charge in [0.05, 0.1) is 6.20 Å². The molecule has 6 rings (SSSR count). The van der Waals surface area contributed by atoms with E-state index in [1.807, 2.05) is 0 Å². The molecule has 2 aliphatic rings. The Balaban J connectivity index is 1.24. The first-order valence-corrected chi connectivity index (χ1v) is 12.9. The third-order valence-electron chi connectivity index (χ3n) is 7.31. The van der Waals surface area contributed by atoms with Crippen LogP contribution in [0.4, 0.5) is 11.6 Å². The molecule has 4 N–H and O–H groups in total. The van der Waals surface area contributed by atoms with Crippen molar-refractivity contribution in [1.82, 2.24) is 24.9 Å². The van der Waals surface area contributed by atoms with E-state index >= 15 is 0 Å². The number of nitrogens with zero attached hydrogens (tertiary/aromatic N) is 6. The lowest BCUT2D eigenvalue weighted by atomic mass is 9.73. The van der Waals surface area contributed by atoms with Crippen LogP contribution in [-0.2, 0) is 6.42 Å². The molecule has 188 valence electrons. The van der Waals surface area contributed by atoms with Gasteiger partial charge in [-0.1, -0.05) is 24.3 Å². The van der Waals surface area contributed by atoms with Gasteiger partial charge in [-0.15, -0.1) is 0 Å². The summed E-state index contributed by atoms with van der Waals surface area (Å²) in [5.74, 6) is 1.26. The molecule has 0 amide bonds. The lowest BCUT2D eigenvalue weighted by Gasteiger charge is -2.42. The molecule has 1 fully saturated rings. The van der Waals surface area contributed by atoms with Crippen molar-refractivity contribution >= 4 is 29.2 Å². The fraction of sp³-hybridized carbons (Fsp3) is 0.308. The number of hydrogen-bond donors (Lipinski definition) is 2. The standard InChI is InChI=1S/C26H26N8O2S/c1-15(35)19-23(34-11-7-26(8-12-34)14-16-4-2-3-5-17(16)20(26)27)33-21(28)25(32-19)37-18-6-9-29-22(31-18)24-30-10-13-36-24/h2-6,9-10,13,20H,7-8,11-12,14,27H2,1H3,(H2,28,33)/t20-/m1/s1. The second kappa shape index (κ2) is 9.24. The average molecular weight is 515 g/mol. The zero-order valence-corrected chi connectivity index (χ0v) is 21.1. The van der Waals surface area contributed by atoms with Gasteiger partial charge in [0.25, 0.3) is 5.89 Å². The fourth-order valence-electron chi connectivity index (χ4n) is 5.36. The highest BCUT2D eigenvalue weighted by atomic mass is 32.2. The number of hydrogen-bond acceptors (Lipinski definition) is 11. The molecule has 0 radical (unpaired) electrons. The Morgan fingerprint density at radius 2 is 1.92 bits per heavy atom. The molecule has 4 aromatic rings. The molecule has 1 atom stereocenters. The molecular weight excluding hydrogens is 488 g/mol. The number of ketones is 1. The lowest BCUT2D eigenvalue weighted by molar-refractivity contribution is 0.101. The van der Waals surface area contributed by atoms with Crippen molar-refractivity contribution in [1.29, 1.82) is 0 Å². The van der Waals surface area contributed by atoms with Gasteiger partial charge in [0.1, 0.15) is 22.0 Å². The van der Waals surface area contributed by atoms with E-state index in [4.69, 9.17) is 15.9 Å². The summed E-state index contributed by atoms with van der Waals surface area (Å²) in [4.78, 5) is 36.8. The minimum absolute atomic E-state index is 0.0159. The van der Waals surface area contributed by atoms with Crippen molar-refractivity contribution in [3.05, 3.63) is 65.8 Å². The zero-order chi connectivity index (χ0) is 25.6. The van der Waals surface area contributed by atoms with E-state index in [1.54, 1.807) is 12.3 Å².